The lowest BCUT2D eigenvalue weighted by atomic mass is 10.2. The summed E-state index contributed by atoms with van der Waals surface area (Å²) in [6.07, 6.45) is 5.10. The summed E-state index contributed by atoms with van der Waals surface area (Å²) in [5.74, 6) is 0.0592. The molecule has 0 spiro atoms. The van der Waals surface area contributed by atoms with Crippen molar-refractivity contribution >= 4 is 57.9 Å². The van der Waals surface area contributed by atoms with Gasteiger partial charge in [-0.2, -0.15) is 0 Å². The second kappa shape index (κ2) is 6.64. The number of nitrogens with one attached hydrogen (secondary N) is 1. The minimum absolute atomic E-state index is 0.00422. The highest BCUT2D eigenvalue weighted by Gasteiger charge is 2.38. The van der Waals surface area contributed by atoms with Crippen LogP contribution in [-0.4, -0.2) is 26.0 Å². The van der Waals surface area contributed by atoms with Gasteiger partial charge in [-0.1, -0.05) is 29.3 Å². The van der Waals surface area contributed by atoms with Crippen molar-refractivity contribution in [2.24, 2.45) is 0 Å². The molecule has 0 saturated carbocycles. The Morgan fingerprint density at radius 3 is 2.62 bits per heavy atom. The van der Waals surface area contributed by atoms with Crippen molar-refractivity contribution in [2.45, 2.75) is 0 Å². The number of nitrogens with zero attached hydrogens (tertiary/aromatic N) is 4. The van der Waals surface area contributed by atoms with Gasteiger partial charge in [0, 0.05) is 22.4 Å². The molecule has 0 unspecified atom stereocenters. The number of thioether (sulfide) groups is 1. The normalized spacial score (nSPS) is 16.1. The fourth-order valence-electron chi connectivity index (χ4n) is 2.40. The fourth-order valence-corrected chi connectivity index (χ4v) is 3.69. The molecule has 0 aliphatic carbocycles. The molecule has 10 heteroatoms. The van der Waals surface area contributed by atoms with Gasteiger partial charge in [0.2, 0.25) is 11.6 Å². The summed E-state index contributed by atoms with van der Waals surface area (Å²) in [4.78, 5) is 14.3. The van der Waals surface area contributed by atoms with Gasteiger partial charge in [-0.3, -0.25) is 10.2 Å². The zero-order valence-electron chi connectivity index (χ0n) is 12.9. The molecule has 3 heterocycles. The highest BCUT2D eigenvalue weighted by Crippen LogP contribution is 2.37. The second-order valence-electron chi connectivity index (χ2n) is 5.22. The van der Waals surface area contributed by atoms with E-state index in [4.69, 9.17) is 33.2 Å². The van der Waals surface area contributed by atoms with Gasteiger partial charge < -0.3 is 4.57 Å². The lowest BCUT2D eigenvalue weighted by molar-refractivity contribution is -0.113. The summed E-state index contributed by atoms with van der Waals surface area (Å²) in [5, 5.41) is 16.7. The molecule has 1 saturated heterocycles. The van der Waals surface area contributed by atoms with E-state index in [1.807, 2.05) is 0 Å². The molecule has 1 fully saturated rings. The number of amidine groups is 1. The summed E-state index contributed by atoms with van der Waals surface area (Å²) < 4.78 is 6.44. The summed E-state index contributed by atoms with van der Waals surface area (Å²) in [6.45, 7) is 0. The van der Waals surface area contributed by atoms with E-state index in [2.05, 4.69) is 10.3 Å². The first-order valence-corrected chi connectivity index (χ1v) is 8.85. The number of aromatic nitrogens is 3. The van der Waals surface area contributed by atoms with Crippen LogP contribution in [0, 0.1) is 5.41 Å². The minimum Gasteiger partial charge on any atom is -0.303 e. The number of carbonyl (C=O) groups excluding carboxylic acids is 1. The quantitative estimate of drug-likeness (QED) is 0.658. The predicted molar refractivity (Wildman–Crippen MR) is 101 cm³/mol. The fraction of sp³-hybridized carbons (Fsp3) is 0. The van der Waals surface area contributed by atoms with E-state index in [9.17, 15) is 4.79 Å². The molecule has 3 aromatic rings. The number of amides is 1. The summed E-state index contributed by atoms with van der Waals surface area (Å²) in [6, 6.07) is 8.59. The van der Waals surface area contributed by atoms with E-state index in [1.54, 1.807) is 53.4 Å². The Kier molecular flexibility index (Phi) is 4.31. The van der Waals surface area contributed by atoms with E-state index in [1.165, 1.54) is 0 Å². The van der Waals surface area contributed by atoms with Gasteiger partial charge in [0.15, 0.2) is 5.17 Å². The van der Waals surface area contributed by atoms with E-state index in [0.717, 1.165) is 16.7 Å². The van der Waals surface area contributed by atoms with Crippen molar-refractivity contribution in [1.82, 2.24) is 14.9 Å². The monoisotopic (exact) mass is 405 g/mol. The van der Waals surface area contributed by atoms with E-state index in [0.29, 0.717) is 26.3 Å². The standard InChI is InChI=1S/C16H9Cl2N5O2S/c17-10-4-3-9(11(18)8-10)7-12-15(24)23(16(19)26-12)14-13(20-25-21-14)22-5-1-2-6-22/h1-8,19H/b12-7-,19-16?. The highest BCUT2D eigenvalue weighted by molar-refractivity contribution is 8.19. The van der Waals surface area contributed by atoms with Crippen molar-refractivity contribution in [3.63, 3.8) is 0 Å². The van der Waals surface area contributed by atoms with Crippen LogP contribution in [0.25, 0.3) is 11.9 Å². The summed E-state index contributed by atoms with van der Waals surface area (Å²) >= 11 is 13.1. The average Bonchev–Trinajstić information content (AvgIpc) is 3.31. The molecule has 0 bridgehead atoms. The Bertz CT molecular complexity index is 1040. The predicted octanol–water partition coefficient (Wildman–Crippen LogP) is 4.22. The molecular weight excluding hydrogens is 397 g/mol. The Morgan fingerprint density at radius 2 is 1.88 bits per heavy atom. The Balaban J connectivity index is 1.71. The van der Waals surface area contributed by atoms with Crippen LogP contribution < -0.4 is 4.90 Å². The minimum atomic E-state index is -0.407. The molecule has 0 atom stereocenters. The first-order chi connectivity index (χ1) is 12.5. The van der Waals surface area contributed by atoms with E-state index < -0.39 is 5.91 Å². The van der Waals surface area contributed by atoms with Crippen LogP contribution in [0.2, 0.25) is 10.0 Å². The number of anilines is 1. The molecule has 1 aromatic carbocycles. The molecule has 1 amide bonds. The van der Waals surface area contributed by atoms with Gasteiger partial charge >= 0.3 is 0 Å². The van der Waals surface area contributed by atoms with Crippen LogP contribution in [0.3, 0.4) is 0 Å². The van der Waals surface area contributed by atoms with Crippen molar-refractivity contribution < 1.29 is 9.42 Å². The van der Waals surface area contributed by atoms with Crippen molar-refractivity contribution in [3.8, 4) is 5.82 Å². The lowest BCUT2D eigenvalue weighted by Crippen LogP contribution is -2.29. The number of carbonyl (C=O) groups is 1. The maximum absolute atomic E-state index is 12.8. The van der Waals surface area contributed by atoms with Crippen LogP contribution in [0.5, 0.6) is 0 Å². The van der Waals surface area contributed by atoms with Crippen LogP contribution in [-0.2, 0) is 4.79 Å². The number of hydrogen-bond acceptors (Lipinski definition) is 6. The van der Waals surface area contributed by atoms with Gasteiger partial charge in [0.05, 0.1) is 4.91 Å². The molecule has 26 heavy (non-hydrogen) atoms. The third-order valence-electron chi connectivity index (χ3n) is 3.59. The molecular formula is C16H9Cl2N5O2S. The Morgan fingerprint density at radius 1 is 1.15 bits per heavy atom. The Hall–Kier alpha value is -2.55. The lowest BCUT2D eigenvalue weighted by Gasteiger charge is -2.11. The van der Waals surface area contributed by atoms with E-state index in [-0.39, 0.29) is 11.0 Å². The maximum Gasteiger partial charge on any atom is 0.272 e. The molecule has 1 N–H and O–H groups in total. The molecule has 2 aromatic heterocycles. The van der Waals surface area contributed by atoms with Gasteiger partial charge in [-0.05, 0) is 58.0 Å². The topological polar surface area (TPSA) is 88.0 Å². The molecule has 7 nitrogen and oxygen atoms in total. The van der Waals surface area contributed by atoms with Crippen molar-refractivity contribution in [3.05, 3.63) is 63.2 Å². The van der Waals surface area contributed by atoms with Crippen LogP contribution in [0.1, 0.15) is 5.56 Å². The summed E-state index contributed by atoms with van der Waals surface area (Å²) in [7, 11) is 0. The largest absolute Gasteiger partial charge is 0.303 e. The Labute approximate surface area is 161 Å². The van der Waals surface area contributed by atoms with Gasteiger partial charge in [0.25, 0.3) is 5.91 Å². The van der Waals surface area contributed by atoms with Crippen LogP contribution >= 0.6 is 35.0 Å². The van der Waals surface area contributed by atoms with Gasteiger partial charge in [-0.15, -0.1) is 0 Å². The van der Waals surface area contributed by atoms with Gasteiger partial charge in [0.1, 0.15) is 0 Å². The molecule has 1 aliphatic heterocycles. The zero-order chi connectivity index (χ0) is 18.3. The van der Waals surface area contributed by atoms with Crippen molar-refractivity contribution in [1.29, 1.82) is 5.41 Å². The highest BCUT2D eigenvalue weighted by atomic mass is 35.5. The van der Waals surface area contributed by atoms with Gasteiger partial charge in [-0.25, -0.2) is 9.53 Å². The zero-order valence-corrected chi connectivity index (χ0v) is 15.2. The average molecular weight is 406 g/mol. The number of hydrogen-bond donors (Lipinski definition) is 1. The van der Waals surface area contributed by atoms with Crippen LogP contribution in [0.4, 0.5) is 5.82 Å². The molecule has 130 valence electrons. The maximum atomic E-state index is 12.8. The first kappa shape index (κ1) is 16.9. The van der Waals surface area contributed by atoms with E-state index >= 15 is 0 Å². The molecule has 4 rings (SSSR count). The smallest absolute Gasteiger partial charge is 0.272 e. The SMILES string of the molecule is N=C1S/C(=C\c2ccc(Cl)cc2Cl)C(=O)N1c1nonc1-n1cccc1. The van der Waals surface area contributed by atoms with Crippen LogP contribution in [0.15, 0.2) is 52.3 Å². The second-order valence-corrected chi connectivity index (χ2v) is 7.10. The summed E-state index contributed by atoms with van der Waals surface area (Å²) in [5.41, 5.74) is 0.630. The first-order valence-electron chi connectivity index (χ1n) is 7.28. The molecule has 1 aliphatic rings. The third-order valence-corrected chi connectivity index (χ3v) is 5.04. The molecule has 0 radical (unpaired) electrons. The number of halogens is 2. The van der Waals surface area contributed by atoms with Crippen molar-refractivity contribution in [2.75, 3.05) is 4.90 Å². The number of rotatable bonds is 3. The third kappa shape index (κ3) is 2.92. The number of benzene rings is 1.